The van der Waals surface area contributed by atoms with Crippen LogP contribution >= 0.6 is 0 Å². The van der Waals surface area contributed by atoms with E-state index in [1.54, 1.807) is 18.3 Å². The number of carbonyl (C=O) groups is 1. The van der Waals surface area contributed by atoms with E-state index in [2.05, 4.69) is 37.9 Å². The molecule has 0 aliphatic carbocycles. The molecule has 0 unspecified atom stereocenters. The summed E-state index contributed by atoms with van der Waals surface area (Å²) in [5.41, 5.74) is 3.22. The van der Waals surface area contributed by atoms with E-state index >= 15 is 0 Å². The van der Waals surface area contributed by atoms with Crippen molar-refractivity contribution >= 4 is 17.9 Å². The molecule has 2 aromatic carbocycles. The van der Waals surface area contributed by atoms with E-state index in [0.717, 1.165) is 11.3 Å². The van der Waals surface area contributed by atoms with Gasteiger partial charge in [-0.15, -0.1) is 0 Å². The maximum atomic E-state index is 10.8. The Balaban J connectivity index is 2.03. The number of hydrogen-bond donors (Lipinski definition) is 1. The minimum Gasteiger partial charge on any atom is -0.479 e. The van der Waals surface area contributed by atoms with Crippen molar-refractivity contribution in [2.45, 2.75) is 39.2 Å². The van der Waals surface area contributed by atoms with Crippen LogP contribution < -0.4 is 4.74 Å². The van der Waals surface area contributed by atoms with Crippen molar-refractivity contribution in [3.8, 4) is 5.75 Å². The predicted molar refractivity (Wildman–Crippen MR) is 96.6 cm³/mol. The number of aliphatic carboxylic acids is 1. The zero-order valence-electron chi connectivity index (χ0n) is 14.5. The van der Waals surface area contributed by atoms with Gasteiger partial charge in [-0.2, -0.15) is 0 Å². The van der Waals surface area contributed by atoms with E-state index in [0.29, 0.717) is 5.75 Å². The van der Waals surface area contributed by atoms with E-state index in [9.17, 15) is 4.79 Å². The van der Waals surface area contributed by atoms with E-state index in [1.165, 1.54) is 12.5 Å². The number of nitrogens with zero attached hydrogens (tertiary/aromatic N) is 1. The zero-order chi connectivity index (χ0) is 17.7. The molecule has 4 nitrogen and oxygen atoms in total. The van der Waals surface area contributed by atoms with Crippen molar-refractivity contribution < 1.29 is 14.6 Å². The van der Waals surface area contributed by atoms with Crippen LogP contribution in [0.5, 0.6) is 5.75 Å². The molecule has 0 fully saturated rings. The topological polar surface area (TPSA) is 58.9 Å². The highest BCUT2D eigenvalue weighted by atomic mass is 16.5. The highest BCUT2D eigenvalue weighted by Crippen LogP contribution is 2.24. The third-order valence-electron chi connectivity index (χ3n) is 3.64. The van der Waals surface area contributed by atoms with Gasteiger partial charge in [0.05, 0.1) is 5.69 Å². The Bertz CT molecular complexity index is 710. The van der Waals surface area contributed by atoms with Gasteiger partial charge in [0.1, 0.15) is 5.75 Å². The fourth-order valence-corrected chi connectivity index (χ4v) is 2.08. The first-order chi connectivity index (χ1) is 11.3. The number of hydrogen-bond acceptors (Lipinski definition) is 3. The van der Waals surface area contributed by atoms with Crippen LogP contribution in [0.4, 0.5) is 5.69 Å². The van der Waals surface area contributed by atoms with Crippen LogP contribution in [-0.4, -0.2) is 23.4 Å². The number of aliphatic imine (C=N–C) groups is 1. The van der Waals surface area contributed by atoms with Gasteiger partial charge in [-0.3, -0.25) is 4.99 Å². The second-order valence-corrected chi connectivity index (χ2v) is 6.72. The van der Waals surface area contributed by atoms with Crippen molar-refractivity contribution in [2.75, 3.05) is 0 Å². The van der Waals surface area contributed by atoms with Gasteiger partial charge in [-0.25, -0.2) is 4.79 Å². The van der Waals surface area contributed by atoms with Crippen molar-refractivity contribution in [1.29, 1.82) is 0 Å². The van der Waals surface area contributed by atoms with Crippen LogP contribution in [0, 0.1) is 0 Å². The van der Waals surface area contributed by atoms with Gasteiger partial charge in [-0.05, 0) is 59.9 Å². The second kappa shape index (κ2) is 7.30. The molecule has 1 atom stereocenters. The van der Waals surface area contributed by atoms with Gasteiger partial charge in [0.2, 0.25) is 0 Å². The van der Waals surface area contributed by atoms with E-state index in [1.807, 2.05) is 24.3 Å². The maximum absolute atomic E-state index is 10.8. The van der Waals surface area contributed by atoms with Crippen molar-refractivity contribution in [2.24, 2.45) is 4.99 Å². The zero-order valence-corrected chi connectivity index (χ0v) is 14.5. The summed E-state index contributed by atoms with van der Waals surface area (Å²) >= 11 is 0. The molecule has 0 aromatic heterocycles. The third-order valence-corrected chi connectivity index (χ3v) is 3.64. The molecule has 0 aliphatic rings. The maximum Gasteiger partial charge on any atom is 0.344 e. The second-order valence-electron chi connectivity index (χ2n) is 6.72. The SMILES string of the molecule is C[C@H](Oc1ccc(C=Nc2ccc(C(C)(C)C)cc2)cc1)C(=O)O. The standard InChI is InChI=1S/C20H23NO3/c1-14(19(22)23)24-18-11-5-15(6-12-18)13-21-17-9-7-16(8-10-17)20(2,3)4/h5-14H,1-4H3,(H,22,23)/t14-/m0/s1. The molecule has 0 saturated carbocycles. The largest absolute Gasteiger partial charge is 0.479 e. The summed E-state index contributed by atoms with van der Waals surface area (Å²) in [7, 11) is 0. The van der Waals surface area contributed by atoms with Crippen LogP contribution in [0.2, 0.25) is 0 Å². The van der Waals surface area contributed by atoms with Gasteiger partial charge in [0, 0.05) is 6.21 Å². The lowest BCUT2D eigenvalue weighted by Crippen LogP contribution is -2.22. The molecule has 0 radical (unpaired) electrons. The molecule has 1 N–H and O–H groups in total. The molecule has 0 heterocycles. The molecule has 24 heavy (non-hydrogen) atoms. The van der Waals surface area contributed by atoms with E-state index in [4.69, 9.17) is 9.84 Å². The molecule has 0 amide bonds. The lowest BCUT2D eigenvalue weighted by molar-refractivity contribution is -0.144. The first-order valence-corrected chi connectivity index (χ1v) is 7.90. The fraction of sp³-hybridized carbons (Fsp3) is 0.300. The number of rotatable bonds is 5. The predicted octanol–water partition coefficient (Wildman–Crippen LogP) is 4.59. The first kappa shape index (κ1) is 17.7. The Labute approximate surface area is 142 Å². The molecule has 2 aromatic rings. The van der Waals surface area contributed by atoms with Crippen molar-refractivity contribution in [1.82, 2.24) is 0 Å². The first-order valence-electron chi connectivity index (χ1n) is 7.90. The minimum absolute atomic E-state index is 0.130. The Morgan fingerprint density at radius 2 is 1.67 bits per heavy atom. The van der Waals surface area contributed by atoms with Gasteiger partial charge in [0.15, 0.2) is 6.10 Å². The van der Waals surface area contributed by atoms with Crippen LogP contribution in [-0.2, 0) is 10.2 Å². The van der Waals surface area contributed by atoms with Gasteiger partial charge < -0.3 is 9.84 Å². The van der Waals surface area contributed by atoms with E-state index in [-0.39, 0.29) is 5.41 Å². The highest BCUT2D eigenvalue weighted by molar-refractivity contribution is 5.82. The summed E-state index contributed by atoms with van der Waals surface area (Å²) in [5, 5.41) is 8.83. The van der Waals surface area contributed by atoms with Gasteiger partial charge >= 0.3 is 5.97 Å². The Morgan fingerprint density at radius 1 is 1.08 bits per heavy atom. The summed E-state index contributed by atoms with van der Waals surface area (Å²) in [6.07, 6.45) is 0.905. The fourth-order valence-electron chi connectivity index (χ4n) is 2.08. The van der Waals surface area contributed by atoms with Gasteiger partial charge in [0.25, 0.3) is 0 Å². The van der Waals surface area contributed by atoms with Crippen LogP contribution in [0.15, 0.2) is 53.5 Å². The summed E-state index contributed by atoms with van der Waals surface area (Å²) < 4.78 is 5.29. The molecule has 126 valence electrons. The van der Waals surface area contributed by atoms with Crippen LogP contribution in [0.1, 0.15) is 38.8 Å². The third kappa shape index (κ3) is 4.95. The smallest absolute Gasteiger partial charge is 0.344 e. The average Bonchev–Trinajstić information content (AvgIpc) is 2.53. The summed E-state index contributed by atoms with van der Waals surface area (Å²) in [6.45, 7) is 8.04. The molecule has 0 bridgehead atoms. The normalized spacial score (nSPS) is 13.0. The Morgan fingerprint density at radius 3 is 2.17 bits per heavy atom. The lowest BCUT2D eigenvalue weighted by Gasteiger charge is -2.18. The molecular formula is C20H23NO3. The number of carboxylic acids is 1. The monoisotopic (exact) mass is 325 g/mol. The van der Waals surface area contributed by atoms with Gasteiger partial charge in [-0.1, -0.05) is 32.9 Å². The summed E-state index contributed by atoms with van der Waals surface area (Å²) in [4.78, 5) is 15.2. The number of ether oxygens (including phenoxy) is 1. The molecule has 0 aliphatic heterocycles. The average molecular weight is 325 g/mol. The molecular weight excluding hydrogens is 302 g/mol. The summed E-state index contributed by atoms with van der Waals surface area (Å²) in [6, 6.07) is 15.4. The lowest BCUT2D eigenvalue weighted by atomic mass is 9.87. The quantitative estimate of drug-likeness (QED) is 0.818. The Hall–Kier alpha value is -2.62. The molecule has 0 spiro atoms. The van der Waals surface area contributed by atoms with Crippen molar-refractivity contribution in [3.05, 3.63) is 59.7 Å². The number of benzene rings is 2. The molecule has 0 saturated heterocycles. The Kier molecular flexibility index (Phi) is 5.39. The molecule has 2 rings (SSSR count). The number of carboxylic acid groups (broad SMARTS) is 1. The van der Waals surface area contributed by atoms with E-state index < -0.39 is 12.1 Å². The summed E-state index contributed by atoms with van der Waals surface area (Å²) in [5.74, 6) is -0.462. The minimum atomic E-state index is -0.987. The van der Waals surface area contributed by atoms with Crippen LogP contribution in [0.3, 0.4) is 0 Å². The highest BCUT2D eigenvalue weighted by Gasteiger charge is 2.13. The molecule has 4 heteroatoms. The van der Waals surface area contributed by atoms with Crippen LogP contribution in [0.25, 0.3) is 0 Å². The van der Waals surface area contributed by atoms with Crippen molar-refractivity contribution in [3.63, 3.8) is 0 Å².